The summed E-state index contributed by atoms with van der Waals surface area (Å²) in [6.45, 7) is 7.63. The number of cyclic esters (lactones) is 2. The lowest BCUT2D eigenvalue weighted by Gasteiger charge is -2.29. The van der Waals surface area contributed by atoms with Gasteiger partial charge in [0.2, 0.25) is 10.0 Å². The van der Waals surface area contributed by atoms with Crippen molar-refractivity contribution >= 4 is 50.9 Å². The van der Waals surface area contributed by atoms with Crippen molar-refractivity contribution in [3.63, 3.8) is 0 Å². The van der Waals surface area contributed by atoms with Crippen molar-refractivity contribution in [2.45, 2.75) is 64.1 Å². The number of nitrogens with one attached hydrogen (secondary N) is 1. The molecule has 0 atom stereocenters. The highest BCUT2D eigenvalue weighted by Crippen LogP contribution is 2.34. The Balaban J connectivity index is 2.31. The van der Waals surface area contributed by atoms with Crippen molar-refractivity contribution in [2.24, 2.45) is 0 Å². The first-order valence-electron chi connectivity index (χ1n) is 10.4. The summed E-state index contributed by atoms with van der Waals surface area (Å²) >= 11 is 12.6. The third kappa shape index (κ3) is 6.37. The average Bonchev–Trinajstić information content (AvgIpc) is 2.68. The van der Waals surface area contributed by atoms with Crippen LogP contribution in [0, 0.1) is 0 Å². The van der Waals surface area contributed by atoms with Crippen LogP contribution in [0.15, 0.2) is 28.8 Å². The number of halogens is 2. The molecule has 8 nitrogen and oxygen atoms in total. The zero-order valence-electron chi connectivity index (χ0n) is 18.5. The highest BCUT2D eigenvalue weighted by molar-refractivity contribution is 7.89. The molecule has 0 bridgehead atoms. The fraction of sp³-hybridized carbons (Fsp3) is 0.524. The standard InChI is InChI=1S/C21H28Cl2N2O6S/c1-5-7-9-25(10-8-6-2)32(28,29)18-12-15(22)17(11-16(18)23)24-13-14-19(26)30-21(3,4)31-20(14)27/h11-13,24H,5-10H2,1-4H3. The molecule has 0 radical (unpaired) electrons. The number of carbonyl (C=O) groups excluding carboxylic acids is 2. The van der Waals surface area contributed by atoms with Gasteiger partial charge in [-0.3, -0.25) is 0 Å². The molecule has 1 aliphatic rings. The van der Waals surface area contributed by atoms with Gasteiger partial charge in [0.15, 0.2) is 5.57 Å². The van der Waals surface area contributed by atoms with Gasteiger partial charge in [0.05, 0.1) is 15.7 Å². The fourth-order valence-corrected chi connectivity index (χ4v) is 5.25. The molecule has 0 saturated carbocycles. The number of rotatable bonds is 10. The average molecular weight is 507 g/mol. The van der Waals surface area contributed by atoms with Crippen LogP contribution in [0.5, 0.6) is 0 Å². The van der Waals surface area contributed by atoms with Crippen molar-refractivity contribution in [3.05, 3.63) is 34.0 Å². The molecule has 1 aromatic carbocycles. The number of hydrogen-bond donors (Lipinski definition) is 1. The Morgan fingerprint density at radius 1 is 1.00 bits per heavy atom. The number of ether oxygens (including phenoxy) is 2. The molecule has 1 fully saturated rings. The second-order valence-electron chi connectivity index (χ2n) is 7.75. The van der Waals surface area contributed by atoms with E-state index in [1.807, 2.05) is 13.8 Å². The van der Waals surface area contributed by atoms with Gasteiger partial charge in [0, 0.05) is 33.1 Å². The lowest BCUT2D eigenvalue weighted by molar-refractivity contribution is -0.222. The van der Waals surface area contributed by atoms with Crippen molar-refractivity contribution in [1.82, 2.24) is 4.31 Å². The third-order valence-corrected chi connectivity index (χ3v) is 7.33. The maximum Gasteiger partial charge on any atom is 0.350 e. The fourth-order valence-electron chi connectivity index (χ4n) is 2.93. The second kappa shape index (κ2) is 10.9. The Kier molecular flexibility index (Phi) is 8.98. The molecule has 0 amide bonds. The van der Waals surface area contributed by atoms with Crippen LogP contribution in [0.1, 0.15) is 53.4 Å². The van der Waals surface area contributed by atoms with E-state index in [0.29, 0.717) is 13.1 Å². The van der Waals surface area contributed by atoms with E-state index >= 15 is 0 Å². The van der Waals surface area contributed by atoms with E-state index < -0.39 is 27.7 Å². The number of esters is 2. The quantitative estimate of drug-likeness (QED) is 0.278. The van der Waals surface area contributed by atoms with E-state index in [1.165, 1.54) is 30.3 Å². The van der Waals surface area contributed by atoms with Crippen LogP contribution in [-0.4, -0.2) is 43.5 Å². The van der Waals surface area contributed by atoms with Crippen LogP contribution in [0.3, 0.4) is 0 Å². The molecule has 11 heteroatoms. The SMILES string of the molecule is CCCCN(CCCC)S(=O)(=O)c1cc(Cl)c(NC=C2C(=O)OC(C)(C)OC2=O)cc1Cl. The molecule has 0 spiro atoms. The predicted octanol–water partition coefficient (Wildman–Crippen LogP) is 4.72. The number of carbonyl (C=O) groups is 2. The van der Waals surface area contributed by atoms with Gasteiger partial charge < -0.3 is 14.8 Å². The van der Waals surface area contributed by atoms with E-state index in [4.69, 9.17) is 32.7 Å². The van der Waals surface area contributed by atoms with Crippen molar-refractivity contribution in [2.75, 3.05) is 18.4 Å². The summed E-state index contributed by atoms with van der Waals surface area (Å²) in [5, 5.41) is 2.71. The number of nitrogens with zero attached hydrogens (tertiary/aromatic N) is 1. The topological polar surface area (TPSA) is 102 Å². The summed E-state index contributed by atoms with van der Waals surface area (Å²) in [6.07, 6.45) is 4.24. The van der Waals surface area contributed by atoms with Gasteiger partial charge in [-0.2, -0.15) is 4.31 Å². The molecular formula is C21H28Cl2N2O6S. The van der Waals surface area contributed by atoms with Gasteiger partial charge >= 0.3 is 11.9 Å². The number of sulfonamides is 1. The summed E-state index contributed by atoms with van der Waals surface area (Å²) in [4.78, 5) is 24.0. The summed E-state index contributed by atoms with van der Waals surface area (Å²) < 4.78 is 37.9. The molecular weight excluding hydrogens is 479 g/mol. The summed E-state index contributed by atoms with van der Waals surface area (Å²) in [7, 11) is -3.86. The van der Waals surface area contributed by atoms with Crippen LogP contribution in [0.25, 0.3) is 0 Å². The van der Waals surface area contributed by atoms with Crippen molar-refractivity contribution < 1.29 is 27.5 Å². The smallest absolute Gasteiger partial charge is 0.350 e. The lowest BCUT2D eigenvalue weighted by atomic mass is 10.2. The monoisotopic (exact) mass is 506 g/mol. The molecule has 1 aliphatic heterocycles. The highest BCUT2D eigenvalue weighted by Gasteiger charge is 2.39. The summed E-state index contributed by atoms with van der Waals surface area (Å²) in [5.74, 6) is -3.07. The van der Waals surface area contributed by atoms with Crippen LogP contribution in [0.4, 0.5) is 5.69 Å². The number of hydrogen-bond acceptors (Lipinski definition) is 7. The Morgan fingerprint density at radius 2 is 1.53 bits per heavy atom. The van der Waals surface area contributed by atoms with E-state index in [2.05, 4.69) is 5.32 Å². The maximum atomic E-state index is 13.2. The first kappa shape index (κ1) is 26.4. The molecule has 1 N–H and O–H groups in total. The lowest BCUT2D eigenvalue weighted by Crippen LogP contribution is -2.42. The zero-order valence-corrected chi connectivity index (χ0v) is 20.9. The van der Waals surface area contributed by atoms with Crippen LogP contribution in [-0.2, 0) is 29.1 Å². The van der Waals surface area contributed by atoms with Gasteiger partial charge in [-0.15, -0.1) is 0 Å². The van der Waals surface area contributed by atoms with E-state index in [1.54, 1.807) is 0 Å². The van der Waals surface area contributed by atoms with E-state index in [0.717, 1.165) is 31.9 Å². The van der Waals surface area contributed by atoms with Crippen molar-refractivity contribution in [1.29, 1.82) is 0 Å². The molecule has 1 aromatic rings. The van der Waals surface area contributed by atoms with Crippen LogP contribution < -0.4 is 5.32 Å². The first-order valence-corrected chi connectivity index (χ1v) is 12.5. The highest BCUT2D eigenvalue weighted by atomic mass is 35.5. The second-order valence-corrected chi connectivity index (χ2v) is 10.5. The Labute approximate surface area is 198 Å². The molecule has 0 aromatic heterocycles. The van der Waals surface area contributed by atoms with Crippen LogP contribution in [0.2, 0.25) is 10.0 Å². The van der Waals surface area contributed by atoms with Crippen molar-refractivity contribution in [3.8, 4) is 0 Å². The third-order valence-electron chi connectivity index (χ3n) is 4.65. The van der Waals surface area contributed by atoms with Gasteiger partial charge in [-0.25, -0.2) is 18.0 Å². The minimum atomic E-state index is -3.86. The normalized spacial score (nSPS) is 16.0. The maximum absolute atomic E-state index is 13.2. The predicted molar refractivity (Wildman–Crippen MR) is 123 cm³/mol. The summed E-state index contributed by atoms with van der Waals surface area (Å²) in [5.41, 5.74) is -0.152. The molecule has 32 heavy (non-hydrogen) atoms. The van der Waals surface area contributed by atoms with Gasteiger partial charge in [-0.1, -0.05) is 49.9 Å². The molecule has 0 unspecified atom stereocenters. The Bertz CT molecular complexity index is 978. The Morgan fingerprint density at radius 3 is 2.03 bits per heavy atom. The Hall–Kier alpha value is -1.81. The van der Waals surface area contributed by atoms with Crippen LogP contribution >= 0.6 is 23.2 Å². The molecule has 2 rings (SSSR count). The van der Waals surface area contributed by atoms with Gasteiger partial charge in [0.25, 0.3) is 5.79 Å². The van der Waals surface area contributed by atoms with E-state index in [-0.39, 0.29) is 26.2 Å². The number of unbranched alkanes of at least 4 members (excludes halogenated alkanes) is 2. The molecule has 1 saturated heterocycles. The minimum Gasteiger partial charge on any atom is -0.419 e. The number of anilines is 1. The largest absolute Gasteiger partial charge is 0.419 e. The van der Waals surface area contributed by atoms with E-state index in [9.17, 15) is 18.0 Å². The first-order chi connectivity index (χ1) is 14.9. The summed E-state index contributed by atoms with van der Waals surface area (Å²) in [6, 6.07) is 2.58. The number of benzene rings is 1. The minimum absolute atomic E-state index is 0.0387. The molecule has 178 valence electrons. The zero-order chi connectivity index (χ0) is 24.1. The molecule has 1 heterocycles. The molecule has 0 aliphatic carbocycles. The van der Waals surface area contributed by atoms with Gasteiger partial charge in [-0.05, 0) is 25.0 Å². The van der Waals surface area contributed by atoms with Gasteiger partial charge in [0.1, 0.15) is 4.90 Å².